The maximum atomic E-state index is 11.0. The predicted octanol–water partition coefficient (Wildman–Crippen LogP) is 3.09. The van der Waals surface area contributed by atoms with Crippen LogP contribution in [0.1, 0.15) is 20.8 Å². The van der Waals surface area contributed by atoms with E-state index < -0.39 is 5.91 Å². The highest BCUT2D eigenvalue weighted by molar-refractivity contribution is 7.18. The summed E-state index contributed by atoms with van der Waals surface area (Å²) in [6, 6.07) is 11.7. The van der Waals surface area contributed by atoms with Gasteiger partial charge in [0, 0.05) is 0 Å². The number of rotatable bonds is 3. The van der Waals surface area contributed by atoms with Crippen LogP contribution in [0, 0.1) is 0 Å². The number of halogens is 1. The second-order valence-corrected chi connectivity index (χ2v) is 5.09. The molecular formula is C12H10ClNOS. The summed E-state index contributed by atoms with van der Waals surface area (Å²) in [5.74, 6) is -0.425. The second kappa shape index (κ2) is 4.68. The van der Waals surface area contributed by atoms with E-state index in [1.165, 1.54) is 16.9 Å². The lowest BCUT2D eigenvalue weighted by Gasteiger charge is -1.98. The molecule has 82 valence electrons. The van der Waals surface area contributed by atoms with Gasteiger partial charge in [0.1, 0.15) is 0 Å². The number of amides is 1. The van der Waals surface area contributed by atoms with E-state index in [9.17, 15) is 4.79 Å². The number of carbonyl (C=O) groups is 1. The highest BCUT2D eigenvalue weighted by Gasteiger charge is 2.11. The van der Waals surface area contributed by atoms with Crippen LogP contribution in [0.15, 0.2) is 36.4 Å². The summed E-state index contributed by atoms with van der Waals surface area (Å²) in [5, 5.41) is 0. The summed E-state index contributed by atoms with van der Waals surface area (Å²) in [6.45, 7) is 0. The van der Waals surface area contributed by atoms with Gasteiger partial charge in [-0.15, -0.1) is 11.3 Å². The summed E-state index contributed by atoms with van der Waals surface area (Å²) in [6.07, 6.45) is 0.726. The number of primary amides is 1. The van der Waals surface area contributed by atoms with Crippen molar-refractivity contribution < 1.29 is 4.79 Å². The van der Waals surface area contributed by atoms with E-state index in [2.05, 4.69) is 0 Å². The predicted molar refractivity (Wildman–Crippen MR) is 67.1 cm³/mol. The zero-order valence-corrected chi connectivity index (χ0v) is 10.0. The number of nitrogens with two attached hydrogens (primary N) is 1. The Morgan fingerprint density at radius 1 is 1.31 bits per heavy atom. The molecule has 1 aromatic carbocycles. The molecular weight excluding hydrogens is 242 g/mol. The van der Waals surface area contributed by atoms with Crippen LogP contribution in [0.3, 0.4) is 0 Å². The topological polar surface area (TPSA) is 43.1 Å². The summed E-state index contributed by atoms with van der Waals surface area (Å²) in [7, 11) is 0. The highest BCUT2D eigenvalue weighted by Crippen LogP contribution is 2.29. The average Bonchev–Trinajstić information content (AvgIpc) is 2.62. The van der Waals surface area contributed by atoms with Crippen molar-refractivity contribution in [2.24, 2.45) is 5.73 Å². The SMILES string of the molecule is NC(=O)c1cc(Cc2ccccc2)c(Cl)s1. The van der Waals surface area contributed by atoms with Gasteiger partial charge < -0.3 is 5.73 Å². The molecule has 0 unspecified atom stereocenters. The fourth-order valence-corrected chi connectivity index (χ4v) is 2.59. The first-order chi connectivity index (χ1) is 7.66. The summed E-state index contributed by atoms with van der Waals surface area (Å²) in [4.78, 5) is 11.5. The lowest BCUT2D eigenvalue weighted by Crippen LogP contribution is -2.08. The van der Waals surface area contributed by atoms with E-state index in [0.29, 0.717) is 9.21 Å². The highest BCUT2D eigenvalue weighted by atomic mass is 35.5. The molecule has 2 N–H and O–H groups in total. The Balaban J connectivity index is 2.25. The number of carbonyl (C=O) groups excluding carboxylic acids is 1. The van der Waals surface area contributed by atoms with Crippen LogP contribution in [-0.2, 0) is 6.42 Å². The van der Waals surface area contributed by atoms with Crippen molar-refractivity contribution >= 4 is 28.8 Å². The van der Waals surface area contributed by atoms with E-state index in [4.69, 9.17) is 17.3 Å². The molecule has 0 aliphatic rings. The third-order valence-corrected chi connectivity index (χ3v) is 3.69. The molecule has 2 aromatic rings. The Morgan fingerprint density at radius 3 is 2.56 bits per heavy atom. The third-order valence-electron chi connectivity index (χ3n) is 2.24. The zero-order chi connectivity index (χ0) is 11.5. The van der Waals surface area contributed by atoms with Gasteiger partial charge in [-0.25, -0.2) is 0 Å². The molecule has 0 spiro atoms. The molecule has 0 bridgehead atoms. The first-order valence-electron chi connectivity index (χ1n) is 4.79. The number of hydrogen-bond donors (Lipinski definition) is 1. The van der Waals surface area contributed by atoms with Crippen molar-refractivity contribution in [3.05, 3.63) is 56.7 Å². The van der Waals surface area contributed by atoms with Crippen molar-refractivity contribution in [2.75, 3.05) is 0 Å². The quantitative estimate of drug-likeness (QED) is 0.895. The summed E-state index contributed by atoms with van der Waals surface area (Å²) in [5.41, 5.74) is 7.32. The normalized spacial score (nSPS) is 10.3. The fourth-order valence-electron chi connectivity index (χ4n) is 1.46. The van der Waals surface area contributed by atoms with Crippen molar-refractivity contribution in [1.82, 2.24) is 0 Å². The smallest absolute Gasteiger partial charge is 0.258 e. The number of benzene rings is 1. The molecule has 0 saturated heterocycles. The van der Waals surface area contributed by atoms with Crippen LogP contribution in [0.2, 0.25) is 4.34 Å². The van der Waals surface area contributed by atoms with Crippen molar-refractivity contribution in [2.45, 2.75) is 6.42 Å². The van der Waals surface area contributed by atoms with Crippen molar-refractivity contribution in [3.8, 4) is 0 Å². The lowest BCUT2D eigenvalue weighted by atomic mass is 10.1. The van der Waals surface area contributed by atoms with Crippen LogP contribution >= 0.6 is 22.9 Å². The molecule has 1 aromatic heterocycles. The van der Waals surface area contributed by atoms with E-state index in [1.54, 1.807) is 6.07 Å². The molecule has 0 radical (unpaired) electrons. The van der Waals surface area contributed by atoms with Crippen LogP contribution in [0.4, 0.5) is 0 Å². The van der Waals surface area contributed by atoms with Gasteiger partial charge >= 0.3 is 0 Å². The standard InChI is InChI=1S/C12H10ClNOS/c13-11-9(7-10(16-11)12(14)15)6-8-4-2-1-3-5-8/h1-5,7H,6H2,(H2,14,15). The van der Waals surface area contributed by atoms with Crippen LogP contribution in [0.5, 0.6) is 0 Å². The molecule has 2 rings (SSSR count). The zero-order valence-electron chi connectivity index (χ0n) is 8.44. The molecule has 2 nitrogen and oxygen atoms in total. The van der Waals surface area contributed by atoms with Gasteiger partial charge in [0.25, 0.3) is 5.91 Å². The van der Waals surface area contributed by atoms with E-state index in [1.807, 2.05) is 30.3 Å². The van der Waals surface area contributed by atoms with E-state index in [-0.39, 0.29) is 0 Å². The van der Waals surface area contributed by atoms with Gasteiger partial charge in [-0.1, -0.05) is 41.9 Å². The third kappa shape index (κ3) is 2.43. The first-order valence-corrected chi connectivity index (χ1v) is 5.98. The molecule has 0 aliphatic carbocycles. The van der Waals surface area contributed by atoms with E-state index >= 15 is 0 Å². The number of thiophene rings is 1. The Labute approximate surface area is 103 Å². The van der Waals surface area contributed by atoms with Crippen LogP contribution in [-0.4, -0.2) is 5.91 Å². The van der Waals surface area contributed by atoms with Crippen molar-refractivity contribution in [3.63, 3.8) is 0 Å². The Bertz CT molecular complexity index is 507. The molecule has 0 aliphatic heterocycles. The van der Waals surface area contributed by atoms with Crippen LogP contribution in [0.25, 0.3) is 0 Å². The van der Waals surface area contributed by atoms with Gasteiger partial charge in [-0.3, -0.25) is 4.79 Å². The molecule has 4 heteroatoms. The second-order valence-electron chi connectivity index (χ2n) is 3.44. The monoisotopic (exact) mass is 251 g/mol. The van der Waals surface area contributed by atoms with Gasteiger partial charge in [-0.2, -0.15) is 0 Å². The van der Waals surface area contributed by atoms with Gasteiger partial charge in [0.05, 0.1) is 9.21 Å². The molecule has 16 heavy (non-hydrogen) atoms. The molecule has 0 fully saturated rings. The van der Waals surface area contributed by atoms with Gasteiger partial charge in [0.2, 0.25) is 0 Å². The first kappa shape index (κ1) is 11.2. The minimum Gasteiger partial charge on any atom is -0.365 e. The molecule has 1 heterocycles. The molecule has 0 saturated carbocycles. The largest absolute Gasteiger partial charge is 0.365 e. The molecule has 1 amide bonds. The fraction of sp³-hybridized carbons (Fsp3) is 0.0833. The Morgan fingerprint density at radius 2 is 2.00 bits per heavy atom. The maximum absolute atomic E-state index is 11.0. The Hall–Kier alpha value is -1.32. The van der Waals surface area contributed by atoms with Gasteiger partial charge in [-0.05, 0) is 23.6 Å². The average molecular weight is 252 g/mol. The summed E-state index contributed by atoms with van der Waals surface area (Å²) >= 11 is 7.28. The van der Waals surface area contributed by atoms with E-state index in [0.717, 1.165) is 12.0 Å². The van der Waals surface area contributed by atoms with Crippen LogP contribution < -0.4 is 5.73 Å². The number of hydrogen-bond acceptors (Lipinski definition) is 2. The maximum Gasteiger partial charge on any atom is 0.258 e. The minimum absolute atomic E-state index is 0.425. The summed E-state index contributed by atoms with van der Waals surface area (Å²) < 4.78 is 0.637. The minimum atomic E-state index is -0.425. The van der Waals surface area contributed by atoms with Crippen molar-refractivity contribution in [1.29, 1.82) is 0 Å². The van der Waals surface area contributed by atoms with Gasteiger partial charge in [0.15, 0.2) is 0 Å². The molecule has 0 atom stereocenters. The Kier molecular flexibility index (Phi) is 3.27. The lowest BCUT2D eigenvalue weighted by molar-refractivity contribution is 0.100.